The summed E-state index contributed by atoms with van der Waals surface area (Å²) in [6.07, 6.45) is -4.05. The van der Waals surface area contributed by atoms with Gasteiger partial charge < -0.3 is 10.5 Å². The first-order valence-electron chi connectivity index (χ1n) is 8.06. The molecule has 0 fully saturated rings. The van der Waals surface area contributed by atoms with Gasteiger partial charge in [-0.05, 0) is 30.7 Å². The monoisotopic (exact) mass is 399 g/mol. The third-order valence-electron chi connectivity index (χ3n) is 3.75. The molecule has 0 bridgehead atoms. The number of aromatic nitrogens is 2. The molecule has 0 amide bonds. The number of carbonyl (C=O) groups excluding carboxylic acids is 2. The number of carbonyl (C=O) groups is 2. The number of nitrogens with zero attached hydrogens (tertiary/aromatic N) is 1. The third-order valence-corrected chi connectivity index (χ3v) is 3.75. The molecular formula is C17H16F3N3O5. The van der Waals surface area contributed by atoms with E-state index in [2.05, 4.69) is 0 Å². The highest BCUT2D eigenvalue weighted by Crippen LogP contribution is 2.29. The molecule has 8 nitrogen and oxygen atoms in total. The zero-order valence-corrected chi connectivity index (χ0v) is 14.6. The minimum absolute atomic E-state index is 0.160. The summed E-state index contributed by atoms with van der Waals surface area (Å²) in [4.78, 5) is 49.7. The zero-order chi connectivity index (χ0) is 21.1. The van der Waals surface area contributed by atoms with Gasteiger partial charge in [-0.3, -0.25) is 19.1 Å². The average Bonchev–Trinajstić information content (AvgIpc) is 2.62. The standard InChI is InChI=1S/C17H16F3N3O5/c1-2-7-23-13(21)12(14(25)22-16(23)27)11(24)8-28-15(26)9-3-5-10(6-4-9)17(18,19)20/h3-6H,2,7-8,21H2,1H3,(H,22,25,27). The summed E-state index contributed by atoms with van der Waals surface area (Å²) in [7, 11) is 0. The number of ether oxygens (including phenoxy) is 1. The van der Waals surface area contributed by atoms with Crippen LogP contribution < -0.4 is 17.0 Å². The van der Waals surface area contributed by atoms with Crippen LogP contribution in [0.4, 0.5) is 19.0 Å². The number of alkyl halides is 3. The predicted octanol–water partition coefficient (Wildman–Crippen LogP) is 1.59. The van der Waals surface area contributed by atoms with Gasteiger partial charge in [-0.25, -0.2) is 9.59 Å². The average molecular weight is 399 g/mol. The molecule has 0 unspecified atom stereocenters. The molecule has 0 radical (unpaired) electrons. The van der Waals surface area contributed by atoms with Crippen LogP contribution in [0.2, 0.25) is 0 Å². The quantitative estimate of drug-likeness (QED) is 0.562. The minimum Gasteiger partial charge on any atom is -0.454 e. The normalized spacial score (nSPS) is 11.3. The van der Waals surface area contributed by atoms with Gasteiger partial charge in [-0.1, -0.05) is 6.92 Å². The van der Waals surface area contributed by atoms with Crippen LogP contribution >= 0.6 is 0 Å². The van der Waals surface area contributed by atoms with Crippen LogP contribution in [0, 0.1) is 0 Å². The van der Waals surface area contributed by atoms with Crippen molar-refractivity contribution in [2.75, 3.05) is 12.3 Å². The Morgan fingerprint density at radius 3 is 2.32 bits per heavy atom. The summed E-state index contributed by atoms with van der Waals surface area (Å²) in [6, 6.07) is 3.19. The largest absolute Gasteiger partial charge is 0.454 e. The molecule has 1 heterocycles. The van der Waals surface area contributed by atoms with Gasteiger partial charge in [0.2, 0.25) is 5.78 Å². The Hall–Kier alpha value is -3.37. The Kier molecular flexibility index (Phi) is 6.06. The highest BCUT2D eigenvalue weighted by molar-refractivity contribution is 6.02. The van der Waals surface area contributed by atoms with Gasteiger partial charge in [0.1, 0.15) is 11.4 Å². The lowest BCUT2D eigenvalue weighted by Gasteiger charge is -2.11. The SMILES string of the molecule is CCCn1c(N)c(C(=O)COC(=O)c2ccc(C(F)(F)F)cc2)c(=O)[nH]c1=O. The molecule has 0 atom stereocenters. The van der Waals surface area contributed by atoms with Crippen LogP contribution in [-0.4, -0.2) is 27.9 Å². The number of esters is 1. The van der Waals surface area contributed by atoms with Gasteiger partial charge in [0.15, 0.2) is 6.61 Å². The van der Waals surface area contributed by atoms with Crippen molar-refractivity contribution >= 4 is 17.6 Å². The number of Topliss-reactive ketones (excluding diaryl/α,β-unsaturated/α-hetero) is 1. The maximum Gasteiger partial charge on any atom is 0.416 e. The van der Waals surface area contributed by atoms with Crippen molar-refractivity contribution in [2.24, 2.45) is 0 Å². The molecule has 0 aliphatic carbocycles. The number of nitrogens with one attached hydrogen (secondary N) is 1. The number of hydrogen-bond donors (Lipinski definition) is 2. The lowest BCUT2D eigenvalue weighted by molar-refractivity contribution is -0.137. The van der Waals surface area contributed by atoms with E-state index in [1.807, 2.05) is 4.98 Å². The van der Waals surface area contributed by atoms with Crippen LogP contribution in [0.5, 0.6) is 0 Å². The van der Waals surface area contributed by atoms with Crippen molar-refractivity contribution in [3.8, 4) is 0 Å². The maximum absolute atomic E-state index is 12.5. The summed E-state index contributed by atoms with van der Waals surface area (Å²) in [5, 5.41) is 0. The molecule has 2 aromatic rings. The van der Waals surface area contributed by atoms with E-state index in [0.717, 1.165) is 16.7 Å². The predicted molar refractivity (Wildman–Crippen MR) is 92.1 cm³/mol. The Bertz CT molecular complexity index is 1010. The van der Waals surface area contributed by atoms with Crippen molar-refractivity contribution in [1.29, 1.82) is 0 Å². The van der Waals surface area contributed by atoms with E-state index in [-0.39, 0.29) is 17.9 Å². The molecule has 0 aliphatic rings. The van der Waals surface area contributed by atoms with E-state index in [1.165, 1.54) is 0 Å². The summed E-state index contributed by atoms with van der Waals surface area (Å²) >= 11 is 0. The van der Waals surface area contributed by atoms with Gasteiger partial charge in [0.25, 0.3) is 5.56 Å². The van der Waals surface area contributed by atoms with Crippen LogP contribution in [0.15, 0.2) is 33.9 Å². The topological polar surface area (TPSA) is 124 Å². The second-order valence-corrected chi connectivity index (χ2v) is 5.75. The smallest absolute Gasteiger partial charge is 0.416 e. The van der Waals surface area contributed by atoms with E-state index in [4.69, 9.17) is 10.5 Å². The fourth-order valence-electron chi connectivity index (χ4n) is 2.38. The molecule has 0 aliphatic heterocycles. The first-order chi connectivity index (χ1) is 13.1. The number of benzene rings is 1. The summed E-state index contributed by atoms with van der Waals surface area (Å²) < 4.78 is 43.3. The van der Waals surface area contributed by atoms with Gasteiger partial charge in [0, 0.05) is 6.54 Å². The summed E-state index contributed by atoms with van der Waals surface area (Å²) in [5.74, 6) is -2.37. The van der Waals surface area contributed by atoms with Crippen LogP contribution in [-0.2, 0) is 17.5 Å². The highest BCUT2D eigenvalue weighted by atomic mass is 19.4. The Morgan fingerprint density at radius 1 is 1.18 bits per heavy atom. The molecule has 3 N–H and O–H groups in total. The molecule has 150 valence electrons. The maximum atomic E-state index is 12.5. The summed E-state index contributed by atoms with van der Waals surface area (Å²) in [5.41, 5.74) is 2.23. The van der Waals surface area contributed by atoms with E-state index >= 15 is 0 Å². The van der Waals surface area contributed by atoms with Crippen LogP contribution in [0.1, 0.15) is 39.6 Å². The number of halogens is 3. The van der Waals surface area contributed by atoms with E-state index in [0.29, 0.717) is 18.6 Å². The number of hydrogen-bond acceptors (Lipinski definition) is 6. The van der Waals surface area contributed by atoms with Crippen molar-refractivity contribution in [3.05, 3.63) is 61.8 Å². The number of nitrogens with two attached hydrogens (primary N) is 1. The first-order valence-corrected chi connectivity index (χ1v) is 8.06. The van der Waals surface area contributed by atoms with Crippen molar-refractivity contribution in [1.82, 2.24) is 9.55 Å². The molecule has 11 heteroatoms. The minimum atomic E-state index is -4.56. The van der Waals surface area contributed by atoms with E-state index in [1.54, 1.807) is 6.92 Å². The molecule has 2 rings (SSSR count). The number of rotatable bonds is 6. The van der Waals surface area contributed by atoms with Crippen LogP contribution in [0.3, 0.4) is 0 Å². The van der Waals surface area contributed by atoms with Crippen molar-refractivity contribution in [2.45, 2.75) is 26.1 Å². The second-order valence-electron chi connectivity index (χ2n) is 5.75. The van der Waals surface area contributed by atoms with Crippen LogP contribution in [0.25, 0.3) is 0 Å². The van der Waals surface area contributed by atoms with E-state index in [9.17, 15) is 32.3 Å². The second kappa shape index (κ2) is 8.11. The Labute approximate surface area is 155 Å². The highest BCUT2D eigenvalue weighted by Gasteiger charge is 2.30. The molecule has 28 heavy (non-hydrogen) atoms. The van der Waals surface area contributed by atoms with Crippen molar-refractivity contribution in [3.63, 3.8) is 0 Å². The lowest BCUT2D eigenvalue weighted by atomic mass is 10.1. The van der Waals surface area contributed by atoms with Gasteiger partial charge in [-0.2, -0.15) is 13.2 Å². The number of H-pyrrole nitrogens is 1. The fourth-order valence-corrected chi connectivity index (χ4v) is 2.38. The Balaban J connectivity index is 2.16. The van der Waals surface area contributed by atoms with Crippen molar-refractivity contribution < 1.29 is 27.5 Å². The van der Waals surface area contributed by atoms with Gasteiger partial charge in [-0.15, -0.1) is 0 Å². The third kappa shape index (κ3) is 4.48. The summed E-state index contributed by atoms with van der Waals surface area (Å²) in [6.45, 7) is 1.04. The molecule has 0 saturated carbocycles. The molecule has 1 aromatic heterocycles. The van der Waals surface area contributed by atoms with Gasteiger partial charge >= 0.3 is 17.8 Å². The molecular weight excluding hydrogens is 383 g/mol. The molecule has 0 saturated heterocycles. The Morgan fingerprint density at radius 2 is 1.79 bits per heavy atom. The first kappa shape index (κ1) is 20.9. The van der Waals surface area contributed by atoms with E-state index < -0.39 is 46.9 Å². The number of ketones is 1. The molecule has 0 spiro atoms. The number of nitrogen functional groups attached to an aromatic ring is 1. The fraction of sp³-hybridized carbons (Fsp3) is 0.294. The number of aromatic amines is 1. The number of anilines is 1. The zero-order valence-electron chi connectivity index (χ0n) is 14.6. The molecule has 1 aromatic carbocycles. The van der Waals surface area contributed by atoms with Gasteiger partial charge in [0.05, 0.1) is 11.1 Å². The lowest BCUT2D eigenvalue weighted by Crippen LogP contribution is -2.37.